The number of carbonyl (C=O) groups excluding carboxylic acids is 1. The minimum atomic E-state index is -0.540. The minimum Gasteiger partial charge on any atom is -0.444 e. The zero-order valence-corrected chi connectivity index (χ0v) is 24.1. The van der Waals surface area contributed by atoms with E-state index in [0.717, 1.165) is 70.5 Å². The van der Waals surface area contributed by atoms with Crippen molar-refractivity contribution in [3.05, 3.63) is 103 Å². The van der Waals surface area contributed by atoms with Gasteiger partial charge in [0.2, 0.25) is 0 Å². The predicted molar refractivity (Wildman–Crippen MR) is 164 cm³/mol. The van der Waals surface area contributed by atoms with Crippen LogP contribution in [0, 0.1) is 0 Å². The Morgan fingerprint density at radius 1 is 0.976 bits per heavy atom. The molecule has 0 unspecified atom stereocenters. The van der Waals surface area contributed by atoms with E-state index in [-0.39, 0.29) is 6.09 Å². The van der Waals surface area contributed by atoms with Crippen LogP contribution in [-0.2, 0) is 16.7 Å². The van der Waals surface area contributed by atoms with E-state index in [1.54, 1.807) is 6.20 Å². The second kappa shape index (κ2) is 10.5. The summed E-state index contributed by atoms with van der Waals surface area (Å²) in [6.45, 7) is 7.83. The molecule has 1 aliphatic carbocycles. The summed E-state index contributed by atoms with van der Waals surface area (Å²) in [5, 5.41) is 3.17. The van der Waals surface area contributed by atoms with Crippen molar-refractivity contribution >= 4 is 11.7 Å². The number of amides is 1. The molecule has 6 nitrogen and oxygen atoms in total. The van der Waals surface area contributed by atoms with E-state index in [9.17, 15) is 4.79 Å². The summed E-state index contributed by atoms with van der Waals surface area (Å²) in [6.07, 6.45) is 9.29. The zero-order chi connectivity index (χ0) is 28.6. The number of aryl methyl sites for hydroxylation is 1. The lowest BCUT2D eigenvalue weighted by Crippen LogP contribution is -2.52. The first kappa shape index (κ1) is 26.8. The van der Waals surface area contributed by atoms with Gasteiger partial charge in [0.25, 0.3) is 0 Å². The van der Waals surface area contributed by atoms with Crippen LogP contribution < -0.4 is 5.32 Å². The number of hydrogen-bond acceptors (Lipinski definition) is 4. The molecule has 208 valence electrons. The average Bonchev–Trinajstić information content (AvgIpc) is 3.34. The van der Waals surface area contributed by atoms with Crippen LogP contribution in [0.4, 0.5) is 4.79 Å². The number of pyridine rings is 2. The smallest absolute Gasteiger partial charge is 0.408 e. The number of nitrogens with one attached hydrogen (secondary N) is 1. The van der Waals surface area contributed by atoms with Gasteiger partial charge in [0.1, 0.15) is 11.2 Å². The molecule has 0 radical (unpaired) electrons. The van der Waals surface area contributed by atoms with E-state index < -0.39 is 11.1 Å². The fourth-order valence-corrected chi connectivity index (χ4v) is 5.66. The maximum absolute atomic E-state index is 12.7. The van der Waals surface area contributed by atoms with Crippen LogP contribution in [0.5, 0.6) is 0 Å². The molecule has 6 rings (SSSR count). The molecule has 0 bridgehead atoms. The van der Waals surface area contributed by atoms with Crippen LogP contribution in [0.2, 0.25) is 0 Å². The van der Waals surface area contributed by atoms with E-state index in [1.807, 2.05) is 39.1 Å². The van der Waals surface area contributed by atoms with Crippen LogP contribution in [0.1, 0.15) is 58.1 Å². The standard InChI is InChI=1S/C35H36N4O2/c1-5-24-21-29(27-13-9-20-36-22-27)32-37-30(31(39(32)23-24)26-11-7-6-8-12-26)25-14-16-28(17-15-25)35(18-10-19-35)38-33(40)41-34(2,3)4/h6-9,11-17,20-23H,5,10,18-19H2,1-4H3,(H,38,40). The molecular weight excluding hydrogens is 508 g/mol. The van der Waals surface area contributed by atoms with Gasteiger partial charge >= 0.3 is 6.09 Å². The molecule has 0 aliphatic heterocycles. The Kier molecular flexibility index (Phi) is 6.86. The van der Waals surface area contributed by atoms with Gasteiger partial charge < -0.3 is 10.1 Å². The van der Waals surface area contributed by atoms with Crippen LogP contribution in [0.25, 0.3) is 39.3 Å². The summed E-state index contributed by atoms with van der Waals surface area (Å²) in [5.41, 5.74) is 8.49. The Balaban J connectivity index is 1.46. The van der Waals surface area contributed by atoms with E-state index >= 15 is 0 Å². The number of benzene rings is 2. The highest BCUT2D eigenvalue weighted by Gasteiger charge is 2.41. The largest absolute Gasteiger partial charge is 0.444 e. The third kappa shape index (κ3) is 5.22. The van der Waals surface area contributed by atoms with Crippen molar-refractivity contribution in [1.82, 2.24) is 19.7 Å². The molecule has 0 atom stereocenters. The van der Waals surface area contributed by atoms with Crippen molar-refractivity contribution in [2.45, 2.75) is 64.5 Å². The molecule has 0 spiro atoms. The Bertz CT molecular complexity index is 1680. The summed E-state index contributed by atoms with van der Waals surface area (Å²) >= 11 is 0. The molecule has 3 aromatic heterocycles. The average molecular weight is 545 g/mol. The zero-order valence-electron chi connectivity index (χ0n) is 24.1. The summed E-state index contributed by atoms with van der Waals surface area (Å²) in [7, 11) is 0. The van der Waals surface area contributed by atoms with Crippen LogP contribution in [-0.4, -0.2) is 26.1 Å². The highest BCUT2D eigenvalue weighted by molar-refractivity contribution is 5.88. The fourth-order valence-electron chi connectivity index (χ4n) is 5.66. The summed E-state index contributed by atoms with van der Waals surface area (Å²) in [6, 6.07) is 25.2. The number of aromatic nitrogens is 3. The molecule has 41 heavy (non-hydrogen) atoms. The number of ether oxygens (including phenoxy) is 1. The molecule has 6 heteroatoms. The van der Waals surface area contributed by atoms with E-state index in [2.05, 4.69) is 88.5 Å². The highest BCUT2D eigenvalue weighted by Crippen LogP contribution is 2.43. The van der Waals surface area contributed by atoms with Gasteiger partial charge in [-0.1, -0.05) is 67.6 Å². The van der Waals surface area contributed by atoms with Crippen molar-refractivity contribution in [2.24, 2.45) is 0 Å². The van der Waals surface area contributed by atoms with Gasteiger partial charge in [-0.15, -0.1) is 0 Å². The number of carbonyl (C=O) groups is 1. The topological polar surface area (TPSA) is 68.5 Å². The lowest BCUT2D eigenvalue weighted by atomic mass is 9.71. The first-order valence-electron chi connectivity index (χ1n) is 14.4. The maximum atomic E-state index is 12.7. The number of nitrogens with zero attached hydrogens (tertiary/aromatic N) is 3. The molecule has 5 aromatic rings. The molecule has 1 fully saturated rings. The number of alkyl carbamates (subject to hydrolysis) is 1. The van der Waals surface area contributed by atoms with Gasteiger partial charge in [0, 0.05) is 40.8 Å². The summed E-state index contributed by atoms with van der Waals surface area (Å²) in [5.74, 6) is 0. The van der Waals surface area contributed by atoms with E-state index in [4.69, 9.17) is 9.72 Å². The van der Waals surface area contributed by atoms with Crippen molar-refractivity contribution in [3.63, 3.8) is 0 Å². The number of rotatable bonds is 6. The second-order valence-corrected chi connectivity index (χ2v) is 11.9. The first-order chi connectivity index (χ1) is 19.8. The maximum Gasteiger partial charge on any atom is 0.408 e. The highest BCUT2D eigenvalue weighted by atomic mass is 16.6. The number of hydrogen-bond donors (Lipinski definition) is 1. The van der Waals surface area contributed by atoms with Gasteiger partial charge in [0.15, 0.2) is 0 Å². The van der Waals surface area contributed by atoms with Crippen LogP contribution in [0.3, 0.4) is 0 Å². The molecule has 1 aliphatic rings. The van der Waals surface area contributed by atoms with Crippen molar-refractivity contribution in [2.75, 3.05) is 0 Å². The normalized spacial score (nSPS) is 14.4. The molecule has 0 saturated heterocycles. The van der Waals surface area contributed by atoms with Gasteiger partial charge in [-0.3, -0.25) is 9.38 Å². The van der Waals surface area contributed by atoms with Gasteiger partial charge in [-0.05, 0) is 69.7 Å². The lowest BCUT2D eigenvalue weighted by molar-refractivity contribution is 0.0377. The lowest BCUT2D eigenvalue weighted by Gasteiger charge is -2.43. The number of fused-ring (bicyclic) bond motifs is 1. The summed E-state index contributed by atoms with van der Waals surface area (Å²) < 4.78 is 7.81. The van der Waals surface area contributed by atoms with Crippen molar-refractivity contribution in [3.8, 4) is 33.6 Å². The molecular formula is C35H36N4O2. The Morgan fingerprint density at radius 2 is 1.71 bits per heavy atom. The third-order valence-corrected chi connectivity index (χ3v) is 7.86. The second-order valence-electron chi connectivity index (χ2n) is 11.9. The minimum absolute atomic E-state index is 0.373. The van der Waals surface area contributed by atoms with E-state index in [0.29, 0.717) is 0 Å². The van der Waals surface area contributed by atoms with Gasteiger partial charge in [-0.25, -0.2) is 9.78 Å². The van der Waals surface area contributed by atoms with E-state index in [1.165, 1.54) is 5.56 Å². The van der Waals surface area contributed by atoms with Crippen LogP contribution in [0.15, 0.2) is 91.4 Å². The van der Waals surface area contributed by atoms with Crippen LogP contribution >= 0.6 is 0 Å². The number of imidazole rings is 1. The SMILES string of the molecule is CCc1cc(-c2cccnc2)c2nc(-c3ccc(C4(NC(=O)OC(C)(C)C)CCC4)cc3)c(-c3ccccc3)n2c1. The Labute approximate surface area is 241 Å². The third-order valence-electron chi connectivity index (χ3n) is 7.86. The Morgan fingerprint density at radius 3 is 2.32 bits per heavy atom. The van der Waals surface area contributed by atoms with Crippen molar-refractivity contribution in [1.29, 1.82) is 0 Å². The quantitative estimate of drug-likeness (QED) is 0.234. The van der Waals surface area contributed by atoms with Crippen molar-refractivity contribution < 1.29 is 9.53 Å². The summed E-state index contributed by atoms with van der Waals surface area (Å²) in [4.78, 5) is 22.3. The Hall–Kier alpha value is -4.45. The fraction of sp³-hybridized carbons (Fsp3) is 0.286. The first-order valence-corrected chi connectivity index (χ1v) is 14.4. The predicted octanol–water partition coefficient (Wildman–Crippen LogP) is 8.20. The van der Waals surface area contributed by atoms with Gasteiger partial charge in [0.05, 0.1) is 16.9 Å². The molecule has 3 heterocycles. The molecule has 1 N–H and O–H groups in total. The molecule has 1 amide bonds. The monoisotopic (exact) mass is 544 g/mol. The molecule has 2 aromatic carbocycles. The van der Waals surface area contributed by atoms with Gasteiger partial charge in [-0.2, -0.15) is 0 Å². The molecule has 1 saturated carbocycles.